The zero-order valence-electron chi connectivity index (χ0n) is 12.7. The molecule has 2 saturated heterocycles. The van der Waals surface area contributed by atoms with Gasteiger partial charge in [0, 0.05) is 13.1 Å². The fourth-order valence-electron chi connectivity index (χ4n) is 3.03. The van der Waals surface area contributed by atoms with Crippen molar-refractivity contribution in [2.45, 2.75) is 31.2 Å². The summed E-state index contributed by atoms with van der Waals surface area (Å²) in [5.41, 5.74) is 6.53. The second-order valence-electron chi connectivity index (χ2n) is 5.88. The summed E-state index contributed by atoms with van der Waals surface area (Å²) in [5, 5.41) is 0.993. The Morgan fingerprint density at radius 2 is 2.13 bits per heavy atom. The minimum Gasteiger partial charge on any atom is -0.370 e. The van der Waals surface area contributed by atoms with E-state index in [4.69, 9.17) is 38.4 Å². The van der Waals surface area contributed by atoms with E-state index in [1.54, 1.807) is 17.0 Å². The number of rotatable bonds is 3. The largest absolute Gasteiger partial charge is 0.370 e. The summed E-state index contributed by atoms with van der Waals surface area (Å²) >= 11 is 12.0. The van der Waals surface area contributed by atoms with Gasteiger partial charge in [0.25, 0.3) is 5.91 Å². The van der Waals surface area contributed by atoms with Crippen LogP contribution >= 0.6 is 23.2 Å². The van der Waals surface area contributed by atoms with Gasteiger partial charge in [-0.25, -0.2) is 0 Å². The quantitative estimate of drug-likeness (QED) is 0.900. The van der Waals surface area contributed by atoms with Crippen molar-refractivity contribution < 1.29 is 14.3 Å². The van der Waals surface area contributed by atoms with Crippen LogP contribution in [0.25, 0.3) is 0 Å². The topological polar surface area (TPSA) is 64.8 Å². The van der Waals surface area contributed by atoms with Crippen LogP contribution in [0.3, 0.4) is 0 Å². The van der Waals surface area contributed by atoms with E-state index < -0.39 is 0 Å². The second kappa shape index (κ2) is 7.36. The predicted octanol–water partition coefficient (Wildman–Crippen LogP) is 2.40. The number of carbonyl (C=O) groups excluding carboxylic acids is 1. The molecule has 2 heterocycles. The zero-order valence-corrected chi connectivity index (χ0v) is 14.2. The number of ether oxygens (including phenoxy) is 2. The molecule has 126 valence electrons. The Morgan fingerprint density at radius 3 is 2.83 bits per heavy atom. The van der Waals surface area contributed by atoms with E-state index in [1.807, 2.05) is 6.07 Å². The lowest BCUT2D eigenvalue weighted by Crippen LogP contribution is -2.46. The number of halogens is 2. The van der Waals surface area contributed by atoms with Crippen molar-refractivity contribution in [1.82, 2.24) is 4.90 Å². The maximum atomic E-state index is 12.6. The highest BCUT2D eigenvalue weighted by atomic mass is 35.5. The fourth-order valence-corrected chi connectivity index (χ4v) is 3.33. The summed E-state index contributed by atoms with van der Waals surface area (Å²) in [6.07, 6.45) is 0.990. The number of benzene rings is 1. The van der Waals surface area contributed by atoms with Crippen molar-refractivity contribution in [2.24, 2.45) is 5.73 Å². The average molecular weight is 359 g/mol. The van der Waals surface area contributed by atoms with Crippen LogP contribution in [-0.2, 0) is 14.3 Å². The molecule has 0 spiro atoms. The minimum absolute atomic E-state index is 0.00383. The Balaban J connectivity index is 1.66. The number of morpholine rings is 1. The minimum atomic E-state index is -0.379. The molecule has 2 N–H and O–H groups in total. The molecule has 0 aliphatic carbocycles. The number of hydrogen-bond donors (Lipinski definition) is 1. The summed E-state index contributed by atoms with van der Waals surface area (Å²) in [6.45, 7) is 2.01. The highest BCUT2D eigenvalue weighted by Gasteiger charge is 2.35. The number of amides is 1. The molecule has 2 fully saturated rings. The molecule has 3 rings (SSSR count). The summed E-state index contributed by atoms with van der Waals surface area (Å²) in [4.78, 5) is 14.4. The standard InChI is InChI=1S/C16H20Cl2N2O3/c17-12-3-1-10(7-13(12)18)15-9-20(5-6-22-15)16(21)14-4-2-11(8-19)23-14/h1,3,7,11,14-15H,2,4-6,8-9,19H2/t11-,14+,15?/m1/s1. The van der Waals surface area contributed by atoms with Crippen LogP contribution in [0.1, 0.15) is 24.5 Å². The third kappa shape index (κ3) is 3.80. The van der Waals surface area contributed by atoms with Gasteiger partial charge in [0.15, 0.2) is 0 Å². The summed E-state index contributed by atoms with van der Waals surface area (Å²) < 4.78 is 11.5. The highest BCUT2D eigenvalue weighted by molar-refractivity contribution is 6.42. The molecule has 0 radical (unpaired) electrons. The molecule has 0 bridgehead atoms. The molecular formula is C16H20Cl2N2O3. The zero-order chi connectivity index (χ0) is 16.4. The first-order valence-corrected chi connectivity index (χ1v) is 8.55. The van der Waals surface area contributed by atoms with Crippen molar-refractivity contribution in [1.29, 1.82) is 0 Å². The first-order valence-electron chi connectivity index (χ1n) is 7.79. The smallest absolute Gasteiger partial charge is 0.251 e. The van der Waals surface area contributed by atoms with Gasteiger partial charge in [0.05, 0.1) is 29.3 Å². The van der Waals surface area contributed by atoms with Crippen molar-refractivity contribution in [2.75, 3.05) is 26.2 Å². The van der Waals surface area contributed by atoms with Crippen LogP contribution in [-0.4, -0.2) is 49.3 Å². The first-order chi connectivity index (χ1) is 11.1. The van der Waals surface area contributed by atoms with Gasteiger partial charge in [0.1, 0.15) is 12.2 Å². The molecular weight excluding hydrogens is 339 g/mol. The lowest BCUT2D eigenvalue weighted by atomic mass is 10.1. The van der Waals surface area contributed by atoms with Crippen molar-refractivity contribution in [3.8, 4) is 0 Å². The summed E-state index contributed by atoms with van der Waals surface area (Å²) in [5.74, 6) is 0.0225. The maximum Gasteiger partial charge on any atom is 0.251 e. The first kappa shape index (κ1) is 17.0. The van der Waals surface area contributed by atoms with E-state index in [0.29, 0.717) is 36.3 Å². The lowest BCUT2D eigenvalue weighted by Gasteiger charge is -2.34. The van der Waals surface area contributed by atoms with Gasteiger partial charge in [-0.3, -0.25) is 4.79 Å². The Labute approximate surface area is 145 Å². The molecule has 3 atom stereocenters. The van der Waals surface area contributed by atoms with E-state index in [0.717, 1.165) is 18.4 Å². The van der Waals surface area contributed by atoms with E-state index in [-0.39, 0.29) is 24.2 Å². The molecule has 23 heavy (non-hydrogen) atoms. The molecule has 1 aromatic carbocycles. The molecule has 2 aliphatic heterocycles. The van der Waals surface area contributed by atoms with E-state index in [2.05, 4.69) is 0 Å². The molecule has 0 aromatic heterocycles. The van der Waals surface area contributed by atoms with Crippen molar-refractivity contribution >= 4 is 29.1 Å². The van der Waals surface area contributed by atoms with Crippen LogP contribution in [0.5, 0.6) is 0 Å². The summed E-state index contributed by atoms with van der Waals surface area (Å²) in [6, 6.07) is 5.41. The Bertz CT molecular complexity index is 584. The molecule has 2 aliphatic rings. The lowest BCUT2D eigenvalue weighted by molar-refractivity contribution is -0.150. The molecule has 1 amide bonds. The average Bonchev–Trinajstić information content (AvgIpc) is 3.06. The predicted molar refractivity (Wildman–Crippen MR) is 88.7 cm³/mol. The van der Waals surface area contributed by atoms with Crippen molar-refractivity contribution in [3.63, 3.8) is 0 Å². The third-order valence-corrected chi connectivity index (χ3v) is 5.08. The van der Waals surface area contributed by atoms with Crippen LogP contribution in [0.15, 0.2) is 18.2 Å². The van der Waals surface area contributed by atoms with Gasteiger partial charge in [-0.05, 0) is 30.5 Å². The van der Waals surface area contributed by atoms with Gasteiger partial charge in [-0.15, -0.1) is 0 Å². The Kier molecular flexibility index (Phi) is 5.44. The van der Waals surface area contributed by atoms with E-state index in [9.17, 15) is 4.79 Å². The number of hydrogen-bond acceptors (Lipinski definition) is 4. The van der Waals surface area contributed by atoms with Gasteiger partial charge in [0.2, 0.25) is 0 Å². The van der Waals surface area contributed by atoms with Crippen LogP contribution in [0, 0.1) is 0 Å². The van der Waals surface area contributed by atoms with Gasteiger partial charge in [-0.2, -0.15) is 0 Å². The molecule has 5 nitrogen and oxygen atoms in total. The van der Waals surface area contributed by atoms with Crippen LogP contribution in [0.4, 0.5) is 0 Å². The van der Waals surface area contributed by atoms with Crippen molar-refractivity contribution in [3.05, 3.63) is 33.8 Å². The monoisotopic (exact) mass is 358 g/mol. The van der Waals surface area contributed by atoms with Gasteiger partial charge in [-0.1, -0.05) is 29.3 Å². The highest BCUT2D eigenvalue weighted by Crippen LogP contribution is 2.30. The molecule has 1 unspecified atom stereocenters. The number of nitrogens with two attached hydrogens (primary N) is 1. The number of carbonyl (C=O) groups is 1. The molecule has 0 saturated carbocycles. The van der Waals surface area contributed by atoms with E-state index >= 15 is 0 Å². The maximum absolute atomic E-state index is 12.6. The molecule has 7 heteroatoms. The third-order valence-electron chi connectivity index (χ3n) is 4.34. The van der Waals surface area contributed by atoms with Crippen LogP contribution in [0.2, 0.25) is 10.0 Å². The fraction of sp³-hybridized carbons (Fsp3) is 0.562. The van der Waals surface area contributed by atoms with Gasteiger partial charge < -0.3 is 20.1 Å². The van der Waals surface area contributed by atoms with Gasteiger partial charge >= 0.3 is 0 Å². The Morgan fingerprint density at radius 1 is 1.30 bits per heavy atom. The summed E-state index contributed by atoms with van der Waals surface area (Å²) in [7, 11) is 0. The SMILES string of the molecule is NC[C@H]1CC[C@@H](C(=O)N2CCOC(c3ccc(Cl)c(Cl)c3)C2)O1. The Hall–Kier alpha value is -0.850. The second-order valence-corrected chi connectivity index (χ2v) is 6.69. The number of nitrogens with zero attached hydrogens (tertiary/aromatic N) is 1. The van der Waals surface area contributed by atoms with Crippen LogP contribution < -0.4 is 5.73 Å². The normalized spacial score (nSPS) is 28.1. The van der Waals surface area contributed by atoms with E-state index in [1.165, 1.54) is 0 Å². The molecule has 1 aromatic rings.